The number of hydrogen-bond acceptors (Lipinski definition) is 2. The summed E-state index contributed by atoms with van der Waals surface area (Å²) in [5.74, 6) is -0.897. The minimum Gasteiger partial charge on any atom is -0.366 e. The Bertz CT molecular complexity index is 322. The zero-order valence-corrected chi connectivity index (χ0v) is 8.07. The van der Waals surface area contributed by atoms with E-state index in [4.69, 9.17) is 5.73 Å². The van der Waals surface area contributed by atoms with E-state index < -0.39 is 5.91 Å². The van der Waals surface area contributed by atoms with Crippen LogP contribution in [-0.2, 0) is 9.59 Å². The Labute approximate surface area is 83.3 Å². The quantitative estimate of drug-likeness (QED) is 0.525. The molecule has 0 fully saturated rings. The number of hydrogen-bond donors (Lipinski definition) is 1. The van der Waals surface area contributed by atoms with E-state index in [0.29, 0.717) is 5.57 Å². The van der Waals surface area contributed by atoms with Gasteiger partial charge < -0.3 is 5.73 Å². The number of ketones is 1. The minimum absolute atomic E-state index is 0.260. The Hall–Kier alpha value is -1.90. The van der Waals surface area contributed by atoms with Crippen molar-refractivity contribution < 1.29 is 9.59 Å². The van der Waals surface area contributed by atoms with Crippen LogP contribution in [0.1, 0.15) is 6.92 Å². The molecule has 0 aromatic heterocycles. The van der Waals surface area contributed by atoms with Crippen molar-refractivity contribution in [2.45, 2.75) is 6.92 Å². The molecule has 2 N–H and O–H groups in total. The largest absolute Gasteiger partial charge is 0.366 e. The van der Waals surface area contributed by atoms with E-state index in [9.17, 15) is 9.59 Å². The van der Waals surface area contributed by atoms with Crippen molar-refractivity contribution >= 4 is 11.7 Å². The van der Waals surface area contributed by atoms with E-state index >= 15 is 0 Å². The van der Waals surface area contributed by atoms with Gasteiger partial charge in [-0.05, 0) is 13.0 Å². The topological polar surface area (TPSA) is 60.2 Å². The average molecular weight is 191 g/mol. The molecule has 1 amide bonds. The zero-order valence-electron chi connectivity index (χ0n) is 8.07. The highest BCUT2D eigenvalue weighted by Crippen LogP contribution is 2.00. The molecule has 0 atom stereocenters. The first-order valence-electron chi connectivity index (χ1n) is 4.09. The van der Waals surface area contributed by atoms with Gasteiger partial charge in [0.15, 0.2) is 5.78 Å². The van der Waals surface area contributed by atoms with Crippen LogP contribution in [0, 0.1) is 0 Å². The summed E-state index contributed by atoms with van der Waals surface area (Å²) < 4.78 is 0. The minimum atomic E-state index is -0.637. The predicted molar refractivity (Wildman–Crippen MR) is 56.4 cm³/mol. The fraction of sp³-hybridized carbons (Fsp3) is 0.0909. The van der Waals surface area contributed by atoms with Gasteiger partial charge in [0.1, 0.15) is 0 Å². The molecule has 0 aliphatic rings. The van der Waals surface area contributed by atoms with Gasteiger partial charge >= 0.3 is 0 Å². The molecule has 3 heteroatoms. The second-order valence-corrected chi connectivity index (χ2v) is 2.44. The molecule has 0 heterocycles. The van der Waals surface area contributed by atoms with Gasteiger partial charge in [-0.1, -0.05) is 30.9 Å². The van der Waals surface area contributed by atoms with Crippen molar-refractivity contribution in [1.29, 1.82) is 0 Å². The SMILES string of the molecule is C=C/C=C\C(=C/C)C(=O)/C=C/C(N)=O. The summed E-state index contributed by atoms with van der Waals surface area (Å²) in [4.78, 5) is 21.7. The Balaban J connectivity index is 4.57. The Kier molecular flexibility index (Phi) is 5.70. The van der Waals surface area contributed by atoms with Crippen molar-refractivity contribution in [3.05, 3.63) is 48.6 Å². The maximum Gasteiger partial charge on any atom is 0.241 e. The number of amides is 1. The first-order chi connectivity index (χ1) is 6.61. The van der Waals surface area contributed by atoms with Gasteiger partial charge in [0.2, 0.25) is 5.91 Å². The third-order valence-electron chi connectivity index (χ3n) is 1.41. The van der Waals surface area contributed by atoms with Gasteiger partial charge in [-0.2, -0.15) is 0 Å². The third-order valence-corrected chi connectivity index (χ3v) is 1.41. The van der Waals surface area contributed by atoms with E-state index in [1.54, 1.807) is 31.2 Å². The number of rotatable bonds is 5. The van der Waals surface area contributed by atoms with Crippen LogP contribution in [0.3, 0.4) is 0 Å². The maximum absolute atomic E-state index is 11.3. The maximum atomic E-state index is 11.3. The molecule has 0 aromatic rings. The highest BCUT2D eigenvalue weighted by Gasteiger charge is 2.00. The summed E-state index contributed by atoms with van der Waals surface area (Å²) in [7, 11) is 0. The van der Waals surface area contributed by atoms with E-state index in [1.165, 1.54) is 0 Å². The van der Waals surface area contributed by atoms with Crippen molar-refractivity contribution in [2.75, 3.05) is 0 Å². The molecule has 0 aromatic carbocycles. The van der Waals surface area contributed by atoms with Crippen LogP contribution >= 0.6 is 0 Å². The molecule has 3 nitrogen and oxygen atoms in total. The molecule has 0 rings (SSSR count). The highest BCUT2D eigenvalue weighted by atomic mass is 16.1. The first kappa shape index (κ1) is 12.1. The summed E-state index contributed by atoms with van der Waals surface area (Å²) in [6.07, 6.45) is 8.65. The number of carbonyl (C=O) groups excluding carboxylic acids is 2. The van der Waals surface area contributed by atoms with Crippen molar-refractivity contribution in [3.8, 4) is 0 Å². The van der Waals surface area contributed by atoms with Crippen molar-refractivity contribution in [1.82, 2.24) is 0 Å². The summed E-state index contributed by atoms with van der Waals surface area (Å²) in [6.45, 7) is 5.22. The smallest absolute Gasteiger partial charge is 0.241 e. The third kappa shape index (κ3) is 4.87. The molecule has 0 bridgehead atoms. The van der Waals surface area contributed by atoms with Crippen molar-refractivity contribution in [3.63, 3.8) is 0 Å². The van der Waals surface area contributed by atoms with Crippen LogP contribution in [0.5, 0.6) is 0 Å². The second-order valence-electron chi connectivity index (χ2n) is 2.44. The van der Waals surface area contributed by atoms with Gasteiger partial charge in [-0.15, -0.1) is 0 Å². The van der Waals surface area contributed by atoms with Gasteiger partial charge in [0.05, 0.1) is 0 Å². The lowest BCUT2D eigenvalue weighted by atomic mass is 10.1. The van der Waals surface area contributed by atoms with E-state index in [0.717, 1.165) is 12.2 Å². The summed E-state index contributed by atoms with van der Waals surface area (Å²) in [5, 5.41) is 0. The standard InChI is InChI=1S/C11H13NO2/c1-3-5-6-9(4-2)10(13)7-8-11(12)14/h3-8H,1H2,2H3,(H2,12,14)/b6-5-,8-7+,9-4+. The molecule has 14 heavy (non-hydrogen) atoms. The average Bonchev–Trinajstić information content (AvgIpc) is 2.16. The molecule has 0 unspecified atom stereocenters. The highest BCUT2D eigenvalue weighted by molar-refractivity contribution is 6.08. The van der Waals surface area contributed by atoms with Gasteiger partial charge in [0.25, 0.3) is 0 Å². The second kappa shape index (κ2) is 6.60. The number of nitrogens with two attached hydrogens (primary N) is 1. The molecular weight excluding hydrogens is 178 g/mol. The van der Waals surface area contributed by atoms with E-state index in [-0.39, 0.29) is 5.78 Å². The lowest BCUT2D eigenvalue weighted by molar-refractivity contribution is -0.114. The monoisotopic (exact) mass is 191 g/mol. The number of allylic oxidation sites excluding steroid dienone is 6. The van der Waals surface area contributed by atoms with Crippen LogP contribution in [0.25, 0.3) is 0 Å². The lowest BCUT2D eigenvalue weighted by Crippen LogP contribution is -2.07. The number of carbonyl (C=O) groups is 2. The van der Waals surface area contributed by atoms with Crippen LogP contribution < -0.4 is 5.73 Å². The normalized spacial score (nSPS) is 12.2. The molecule has 0 aliphatic heterocycles. The molecule has 74 valence electrons. The summed E-state index contributed by atoms with van der Waals surface area (Å²) in [5.41, 5.74) is 5.34. The van der Waals surface area contributed by atoms with Crippen LogP contribution in [0.4, 0.5) is 0 Å². The lowest BCUT2D eigenvalue weighted by Gasteiger charge is -1.93. The fourth-order valence-corrected chi connectivity index (χ4v) is 0.746. The molecular formula is C11H13NO2. The van der Waals surface area contributed by atoms with Gasteiger partial charge in [-0.3, -0.25) is 9.59 Å². The molecule has 0 radical (unpaired) electrons. The first-order valence-corrected chi connectivity index (χ1v) is 4.09. The molecule has 0 aliphatic carbocycles. The number of primary amides is 1. The molecule has 0 saturated heterocycles. The zero-order chi connectivity index (χ0) is 11.0. The Morgan fingerprint density at radius 1 is 1.21 bits per heavy atom. The van der Waals surface area contributed by atoms with E-state index in [2.05, 4.69) is 6.58 Å². The fourth-order valence-electron chi connectivity index (χ4n) is 0.746. The van der Waals surface area contributed by atoms with Crippen LogP contribution in [0.2, 0.25) is 0 Å². The molecule has 0 spiro atoms. The Morgan fingerprint density at radius 3 is 2.29 bits per heavy atom. The molecule has 0 saturated carbocycles. The Morgan fingerprint density at radius 2 is 1.86 bits per heavy atom. The predicted octanol–water partition coefficient (Wildman–Crippen LogP) is 1.29. The summed E-state index contributed by atoms with van der Waals surface area (Å²) in [6, 6.07) is 0. The summed E-state index contributed by atoms with van der Waals surface area (Å²) >= 11 is 0. The van der Waals surface area contributed by atoms with Gasteiger partial charge in [0, 0.05) is 11.6 Å². The van der Waals surface area contributed by atoms with Gasteiger partial charge in [-0.25, -0.2) is 0 Å². The van der Waals surface area contributed by atoms with Crippen LogP contribution in [0.15, 0.2) is 48.6 Å². The van der Waals surface area contributed by atoms with Crippen LogP contribution in [-0.4, -0.2) is 11.7 Å². The van der Waals surface area contributed by atoms with E-state index in [1.807, 2.05) is 0 Å². The van der Waals surface area contributed by atoms with Crippen molar-refractivity contribution in [2.24, 2.45) is 5.73 Å².